The van der Waals surface area contributed by atoms with Gasteiger partial charge >= 0.3 is 5.97 Å². The van der Waals surface area contributed by atoms with E-state index in [9.17, 15) is 9.90 Å². The molecule has 0 aliphatic heterocycles. The van der Waals surface area contributed by atoms with Crippen molar-refractivity contribution in [2.24, 2.45) is 0 Å². The normalized spacial score (nSPS) is 10.4. The van der Waals surface area contributed by atoms with Crippen LogP contribution in [0.25, 0.3) is 0 Å². The Kier molecular flexibility index (Phi) is 4.80. The molecule has 2 nitrogen and oxygen atoms in total. The molecule has 2 aromatic carbocycles. The average Bonchev–Trinajstić information content (AvgIpc) is 2.41. The molecule has 0 saturated carbocycles. The van der Waals surface area contributed by atoms with E-state index in [0.717, 1.165) is 4.90 Å². The van der Waals surface area contributed by atoms with Crippen molar-refractivity contribution in [1.29, 1.82) is 0 Å². The first-order valence-electron chi connectivity index (χ1n) is 5.45. The largest absolute Gasteiger partial charge is 0.478 e. The van der Waals surface area contributed by atoms with Gasteiger partial charge in [-0.2, -0.15) is 0 Å². The summed E-state index contributed by atoms with van der Waals surface area (Å²) in [4.78, 5) is 14.1. The number of aromatic carboxylic acids is 1. The summed E-state index contributed by atoms with van der Waals surface area (Å²) < 4.78 is 0. The molecule has 0 radical (unpaired) electrons. The second-order valence-corrected chi connectivity index (χ2v) is 6.15. The van der Waals surface area contributed by atoms with E-state index < -0.39 is 5.97 Å². The highest BCUT2D eigenvalue weighted by Gasteiger charge is 2.11. The van der Waals surface area contributed by atoms with Crippen molar-refractivity contribution in [3.05, 3.63) is 53.1 Å². The van der Waals surface area contributed by atoms with Gasteiger partial charge in [0.05, 0.1) is 5.56 Å². The summed E-state index contributed by atoms with van der Waals surface area (Å²) in [6.45, 7) is 0. The van der Waals surface area contributed by atoms with E-state index >= 15 is 0 Å². The zero-order chi connectivity index (χ0) is 13.8. The molecule has 2 rings (SSSR count). The molecule has 0 aromatic heterocycles. The van der Waals surface area contributed by atoms with Gasteiger partial charge in [-0.25, -0.2) is 4.79 Å². The van der Waals surface area contributed by atoms with E-state index in [1.54, 1.807) is 23.9 Å². The second kappa shape index (κ2) is 6.37. The monoisotopic (exact) mass is 310 g/mol. The lowest BCUT2D eigenvalue weighted by Gasteiger charge is -2.07. The van der Waals surface area contributed by atoms with Crippen molar-refractivity contribution >= 4 is 41.1 Å². The summed E-state index contributed by atoms with van der Waals surface area (Å²) in [6.07, 6.45) is 2.02. The Morgan fingerprint density at radius 3 is 2.32 bits per heavy atom. The summed E-state index contributed by atoms with van der Waals surface area (Å²) in [5.41, 5.74) is 0.228. The smallest absolute Gasteiger partial charge is 0.336 e. The zero-order valence-corrected chi connectivity index (χ0v) is 12.5. The highest BCUT2D eigenvalue weighted by molar-refractivity contribution is 7.99. The second-order valence-electron chi connectivity index (χ2n) is 3.72. The minimum Gasteiger partial charge on any atom is -0.478 e. The Balaban J connectivity index is 2.29. The summed E-state index contributed by atoms with van der Waals surface area (Å²) in [6, 6.07) is 12.9. The van der Waals surface area contributed by atoms with Gasteiger partial charge in [-0.15, -0.1) is 11.8 Å². The Hall–Kier alpha value is -1.10. The van der Waals surface area contributed by atoms with Crippen LogP contribution in [0.5, 0.6) is 0 Å². The molecule has 98 valence electrons. The van der Waals surface area contributed by atoms with Gasteiger partial charge in [-0.05, 0) is 48.7 Å². The lowest BCUT2D eigenvalue weighted by molar-refractivity contribution is 0.0693. The Labute approximate surface area is 125 Å². The lowest BCUT2D eigenvalue weighted by Crippen LogP contribution is -1.98. The third-order valence-electron chi connectivity index (χ3n) is 2.46. The lowest BCUT2D eigenvalue weighted by atomic mass is 10.2. The van der Waals surface area contributed by atoms with Crippen molar-refractivity contribution in [2.45, 2.75) is 14.7 Å². The van der Waals surface area contributed by atoms with E-state index in [-0.39, 0.29) is 5.56 Å². The van der Waals surface area contributed by atoms with Crippen LogP contribution in [0.1, 0.15) is 10.4 Å². The van der Waals surface area contributed by atoms with Crippen LogP contribution in [0.4, 0.5) is 0 Å². The number of halogens is 1. The first-order chi connectivity index (χ1) is 9.10. The number of carboxylic acids is 1. The summed E-state index contributed by atoms with van der Waals surface area (Å²) >= 11 is 8.92. The standard InChI is InChI=1S/C14H11ClO2S2/c1-18-10-3-5-11(6-4-10)19-13-7-2-9(15)8-12(13)14(16)17/h2-8H,1H3,(H,16,17). The van der Waals surface area contributed by atoms with Gasteiger partial charge in [-0.1, -0.05) is 23.4 Å². The third kappa shape index (κ3) is 3.69. The maximum Gasteiger partial charge on any atom is 0.336 e. The molecule has 0 fully saturated rings. The SMILES string of the molecule is CSc1ccc(Sc2ccc(Cl)cc2C(=O)O)cc1. The fraction of sp³-hybridized carbons (Fsp3) is 0.0714. The van der Waals surface area contributed by atoms with E-state index in [2.05, 4.69) is 0 Å². The van der Waals surface area contributed by atoms with Gasteiger partial charge < -0.3 is 5.11 Å². The van der Waals surface area contributed by atoms with Gasteiger partial charge in [0.15, 0.2) is 0 Å². The molecule has 2 aromatic rings. The van der Waals surface area contributed by atoms with Crippen molar-refractivity contribution in [3.63, 3.8) is 0 Å². The number of hydrogen-bond acceptors (Lipinski definition) is 3. The van der Waals surface area contributed by atoms with Crippen LogP contribution in [-0.2, 0) is 0 Å². The first kappa shape index (κ1) is 14.3. The molecule has 0 bridgehead atoms. The summed E-state index contributed by atoms with van der Waals surface area (Å²) in [5.74, 6) is -0.967. The minimum atomic E-state index is -0.967. The average molecular weight is 311 g/mol. The predicted molar refractivity (Wildman–Crippen MR) is 80.8 cm³/mol. The van der Waals surface area contributed by atoms with Gasteiger partial charge in [-0.3, -0.25) is 0 Å². The van der Waals surface area contributed by atoms with Crippen LogP contribution in [-0.4, -0.2) is 17.3 Å². The highest BCUT2D eigenvalue weighted by Crippen LogP contribution is 2.32. The van der Waals surface area contributed by atoms with Crippen molar-refractivity contribution < 1.29 is 9.90 Å². The third-order valence-corrected chi connectivity index (χ3v) is 4.52. The maximum absolute atomic E-state index is 11.2. The Morgan fingerprint density at radius 2 is 1.74 bits per heavy atom. The van der Waals surface area contributed by atoms with Crippen LogP contribution in [0.3, 0.4) is 0 Å². The van der Waals surface area contributed by atoms with Crippen molar-refractivity contribution in [3.8, 4) is 0 Å². The molecule has 0 unspecified atom stereocenters. The minimum absolute atomic E-state index is 0.228. The topological polar surface area (TPSA) is 37.3 Å². The number of benzene rings is 2. The van der Waals surface area contributed by atoms with E-state index in [1.807, 2.05) is 30.5 Å². The van der Waals surface area contributed by atoms with E-state index in [0.29, 0.717) is 9.92 Å². The zero-order valence-electron chi connectivity index (χ0n) is 10.1. The van der Waals surface area contributed by atoms with E-state index in [1.165, 1.54) is 22.7 Å². The Morgan fingerprint density at radius 1 is 1.11 bits per heavy atom. The van der Waals surface area contributed by atoms with Crippen LogP contribution >= 0.6 is 35.1 Å². The summed E-state index contributed by atoms with van der Waals surface area (Å²) in [5, 5.41) is 9.61. The molecule has 0 aliphatic rings. The molecule has 0 amide bonds. The molecule has 0 heterocycles. The fourth-order valence-electron chi connectivity index (χ4n) is 1.53. The molecule has 0 spiro atoms. The van der Waals surface area contributed by atoms with Crippen molar-refractivity contribution in [2.75, 3.05) is 6.26 Å². The van der Waals surface area contributed by atoms with E-state index in [4.69, 9.17) is 11.6 Å². The van der Waals surface area contributed by atoms with Gasteiger partial charge in [0.1, 0.15) is 0 Å². The number of thioether (sulfide) groups is 1. The molecule has 5 heteroatoms. The number of carboxylic acid groups (broad SMARTS) is 1. The molecule has 0 aliphatic carbocycles. The maximum atomic E-state index is 11.2. The van der Waals surface area contributed by atoms with Gasteiger partial charge in [0, 0.05) is 19.7 Å². The predicted octanol–water partition coefficient (Wildman–Crippen LogP) is 4.91. The van der Waals surface area contributed by atoms with Crippen molar-refractivity contribution in [1.82, 2.24) is 0 Å². The van der Waals surface area contributed by atoms with Gasteiger partial charge in [0.25, 0.3) is 0 Å². The number of carbonyl (C=O) groups is 1. The van der Waals surface area contributed by atoms with Crippen LogP contribution < -0.4 is 0 Å². The molecule has 0 saturated heterocycles. The molecule has 1 N–H and O–H groups in total. The molecular formula is C14H11ClO2S2. The van der Waals surface area contributed by atoms with Crippen LogP contribution in [0.2, 0.25) is 5.02 Å². The molecule has 0 atom stereocenters. The number of hydrogen-bond donors (Lipinski definition) is 1. The number of rotatable bonds is 4. The summed E-state index contributed by atoms with van der Waals surface area (Å²) in [7, 11) is 0. The Bertz CT molecular complexity index is 597. The first-order valence-corrected chi connectivity index (χ1v) is 7.87. The highest BCUT2D eigenvalue weighted by atomic mass is 35.5. The fourth-order valence-corrected chi connectivity index (χ4v) is 3.03. The van der Waals surface area contributed by atoms with Gasteiger partial charge in [0.2, 0.25) is 0 Å². The van der Waals surface area contributed by atoms with Crippen LogP contribution in [0, 0.1) is 0 Å². The van der Waals surface area contributed by atoms with Crippen LogP contribution in [0.15, 0.2) is 57.2 Å². The quantitative estimate of drug-likeness (QED) is 0.814. The molecular weight excluding hydrogens is 300 g/mol. The molecule has 19 heavy (non-hydrogen) atoms.